The minimum absolute atomic E-state index is 0.151. The quantitative estimate of drug-likeness (QED) is 0.220. The summed E-state index contributed by atoms with van der Waals surface area (Å²) in [4.78, 5) is 33.1. The van der Waals surface area contributed by atoms with Crippen LogP contribution in [0.3, 0.4) is 0 Å². The van der Waals surface area contributed by atoms with Crippen LogP contribution in [0.5, 0.6) is 0 Å². The third-order valence-corrected chi connectivity index (χ3v) is 6.42. The third-order valence-electron chi connectivity index (χ3n) is 5.82. The van der Waals surface area contributed by atoms with Gasteiger partial charge in [-0.05, 0) is 49.9 Å². The summed E-state index contributed by atoms with van der Waals surface area (Å²) in [6.07, 6.45) is 8.63. The molecule has 0 amide bonds. The van der Waals surface area contributed by atoms with Crippen molar-refractivity contribution in [3.8, 4) is 11.3 Å². The lowest BCUT2D eigenvalue weighted by molar-refractivity contribution is 0.541. The maximum Gasteiger partial charge on any atom is 0.225 e. The van der Waals surface area contributed by atoms with Gasteiger partial charge in [0.25, 0.3) is 0 Å². The molecule has 2 atom stereocenters. The van der Waals surface area contributed by atoms with Gasteiger partial charge in [-0.15, -0.1) is 0 Å². The van der Waals surface area contributed by atoms with Gasteiger partial charge in [0, 0.05) is 30.0 Å². The van der Waals surface area contributed by atoms with Crippen molar-refractivity contribution in [1.82, 2.24) is 49.0 Å². The van der Waals surface area contributed by atoms with E-state index in [0.29, 0.717) is 44.8 Å². The van der Waals surface area contributed by atoms with Crippen LogP contribution >= 0.6 is 34.8 Å². The lowest BCUT2D eigenvalue weighted by Crippen LogP contribution is -2.04. The maximum atomic E-state index is 6.05. The molecular weight excluding hydrogens is 525 g/mol. The van der Waals surface area contributed by atoms with E-state index in [-0.39, 0.29) is 22.6 Å². The number of hydrogen-bond acceptors (Lipinski definition) is 9. The molecule has 0 bridgehead atoms. The first-order valence-electron chi connectivity index (χ1n) is 11.3. The number of anilines is 1. The molecule has 5 heterocycles. The summed E-state index contributed by atoms with van der Waals surface area (Å²) in [7, 11) is 0. The number of fused-ring (bicyclic) bond motifs is 2. The van der Waals surface area contributed by atoms with Crippen molar-refractivity contribution < 1.29 is 0 Å². The van der Waals surface area contributed by atoms with Gasteiger partial charge in [0.2, 0.25) is 16.5 Å². The molecule has 0 aromatic carbocycles. The van der Waals surface area contributed by atoms with E-state index in [2.05, 4.69) is 67.6 Å². The van der Waals surface area contributed by atoms with Gasteiger partial charge in [-0.3, -0.25) is 0 Å². The highest BCUT2D eigenvalue weighted by Gasteiger charge is 2.17. The zero-order valence-corrected chi connectivity index (χ0v) is 22.3. The number of hydrogen-bond donors (Lipinski definition) is 1. The molecule has 0 saturated heterocycles. The van der Waals surface area contributed by atoms with E-state index in [4.69, 9.17) is 40.5 Å². The topological polar surface area (TPSA) is 139 Å². The fraction of sp³-hybridized carbons (Fsp3) is 0.364. The first kappa shape index (κ1) is 25.9. The van der Waals surface area contributed by atoms with Crippen LogP contribution in [0.4, 0.5) is 5.95 Å². The van der Waals surface area contributed by atoms with Crippen LogP contribution < -0.4 is 5.73 Å². The number of nitrogens with zero attached hydrogens (tertiary/aromatic N) is 10. The van der Waals surface area contributed by atoms with Gasteiger partial charge in [-0.25, -0.2) is 29.9 Å². The van der Waals surface area contributed by atoms with Crippen LogP contribution in [0, 0.1) is 0 Å². The molecular formula is C22H24Cl3N11. The Kier molecular flexibility index (Phi) is 7.82. The second-order valence-corrected chi connectivity index (χ2v) is 9.15. The number of nitrogen functional groups attached to an aromatic ring is 1. The second-order valence-electron chi connectivity index (χ2n) is 8.12. The largest absolute Gasteiger partial charge is 0.368 e. The van der Waals surface area contributed by atoms with Crippen LogP contribution in [-0.4, -0.2) is 49.0 Å². The average Bonchev–Trinajstić information content (AvgIpc) is 3.48. The highest BCUT2D eigenvalue weighted by Crippen LogP contribution is 2.28. The third kappa shape index (κ3) is 5.18. The van der Waals surface area contributed by atoms with Crippen molar-refractivity contribution in [3.63, 3.8) is 0 Å². The molecule has 0 aliphatic rings. The Balaban J connectivity index is 0.000000179. The molecule has 14 heteroatoms. The summed E-state index contributed by atoms with van der Waals surface area (Å²) in [6.45, 7) is 8.39. The first-order chi connectivity index (χ1) is 17.2. The molecule has 2 N–H and O–H groups in total. The Labute approximate surface area is 222 Å². The molecule has 11 nitrogen and oxygen atoms in total. The normalized spacial score (nSPS) is 13.0. The van der Waals surface area contributed by atoms with Crippen molar-refractivity contribution in [3.05, 3.63) is 40.8 Å². The summed E-state index contributed by atoms with van der Waals surface area (Å²) < 4.78 is 3.94. The van der Waals surface area contributed by atoms with Crippen LogP contribution in [0.15, 0.2) is 25.0 Å². The van der Waals surface area contributed by atoms with Crippen LogP contribution in [0.25, 0.3) is 33.6 Å². The standard InChI is InChI=1S/C13H14ClN7.C9H10Cl2N4/c1-3-7(2)21-6-18-10-9(19-12(14)20-11(10)21)8-4-16-13(15)17-5-8;1-3-5(2)15-4-12-6-7(10)13-9(11)14-8(6)15/h4-7H,3H2,1-2H3,(H2,15,16,17);4-5H,3H2,1-2H3. The minimum Gasteiger partial charge on any atom is -0.368 e. The second kappa shape index (κ2) is 10.9. The molecule has 5 aromatic heterocycles. The lowest BCUT2D eigenvalue weighted by Gasteiger charge is -2.11. The summed E-state index contributed by atoms with van der Waals surface area (Å²) in [5.74, 6) is 0.209. The summed E-state index contributed by atoms with van der Waals surface area (Å²) >= 11 is 17.7. The zero-order chi connectivity index (χ0) is 26.0. The fourth-order valence-electron chi connectivity index (χ4n) is 3.45. The lowest BCUT2D eigenvalue weighted by atomic mass is 10.2. The Morgan fingerprint density at radius 3 is 1.81 bits per heavy atom. The number of nitrogens with two attached hydrogens (primary N) is 1. The molecule has 0 saturated carbocycles. The predicted octanol–water partition coefficient (Wildman–Crippen LogP) is 5.59. The van der Waals surface area contributed by atoms with Crippen LogP contribution in [-0.2, 0) is 0 Å². The van der Waals surface area contributed by atoms with Crippen LogP contribution in [0.1, 0.15) is 52.6 Å². The summed E-state index contributed by atoms with van der Waals surface area (Å²) in [6, 6.07) is 0.591. The average molecular weight is 549 g/mol. The Hall–Kier alpha value is -3.15. The van der Waals surface area contributed by atoms with Crippen molar-refractivity contribution in [1.29, 1.82) is 0 Å². The van der Waals surface area contributed by atoms with Gasteiger partial charge in [0.1, 0.15) is 16.7 Å². The molecule has 0 spiro atoms. The van der Waals surface area contributed by atoms with Crippen molar-refractivity contribution in [2.24, 2.45) is 0 Å². The van der Waals surface area contributed by atoms with Gasteiger partial charge in [-0.1, -0.05) is 25.4 Å². The van der Waals surface area contributed by atoms with Gasteiger partial charge in [0.15, 0.2) is 16.4 Å². The van der Waals surface area contributed by atoms with Gasteiger partial charge in [0.05, 0.1) is 12.7 Å². The summed E-state index contributed by atoms with van der Waals surface area (Å²) in [5.41, 5.74) is 9.48. The zero-order valence-electron chi connectivity index (χ0n) is 20.1. The highest BCUT2D eigenvalue weighted by atomic mass is 35.5. The molecule has 188 valence electrons. The number of halogens is 3. The van der Waals surface area contributed by atoms with E-state index in [1.807, 2.05) is 9.13 Å². The predicted molar refractivity (Wildman–Crippen MR) is 141 cm³/mol. The van der Waals surface area contributed by atoms with Gasteiger partial charge in [-0.2, -0.15) is 9.97 Å². The van der Waals surface area contributed by atoms with Gasteiger partial charge >= 0.3 is 0 Å². The van der Waals surface area contributed by atoms with Gasteiger partial charge < -0.3 is 14.9 Å². The number of aromatic nitrogens is 10. The molecule has 36 heavy (non-hydrogen) atoms. The van der Waals surface area contributed by atoms with E-state index >= 15 is 0 Å². The molecule has 0 aliphatic carbocycles. The Bertz CT molecular complexity index is 1500. The molecule has 0 aliphatic heterocycles. The SMILES string of the molecule is CCC(C)n1cnc2c(-c3cnc(N)nc3)nc(Cl)nc21.CCC(C)n1cnc2c(Cl)nc(Cl)nc21. The molecule has 5 aromatic rings. The van der Waals surface area contributed by atoms with E-state index in [1.54, 1.807) is 25.0 Å². The smallest absolute Gasteiger partial charge is 0.225 e. The molecule has 0 fully saturated rings. The Morgan fingerprint density at radius 2 is 1.25 bits per heavy atom. The van der Waals surface area contributed by atoms with Crippen molar-refractivity contribution in [2.75, 3.05) is 5.73 Å². The van der Waals surface area contributed by atoms with E-state index in [0.717, 1.165) is 12.8 Å². The fourth-order valence-corrected chi connectivity index (χ4v) is 4.03. The summed E-state index contributed by atoms with van der Waals surface area (Å²) in [5, 5.41) is 0.615. The van der Waals surface area contributed by atoms with E-state index in [9.17, 15) is 0 Å². The number of rotatable bonds is 5. The Morgan fingerprint density at radius 1 is 0.750 bits per heavy atom. The molecule has 0 radical (unpaired) electrons. The van der Waals surface area contributed by atoms with E-state index in [1.165, 1.54) is 0 Å². The molecule has 2 unspecified atom stereocenters. The van der Waals surface area contributed by atoms with Crippen LogP contribution in [0.2, 0.25) is 15.7 Å². The highest BCUT2D eigenvalue weighted by molar-refractivity contribution is 6.35. The number of imidazole rings is 2. The maximum absolute atomic E-state index is 6.05. The monoisotopic (exact) mass is 547 g/mol. The van der Waals surface area contributed by atoms with Crippen molar-refractivity contribution in [2.45, 2.75) is 52.6 Å². The minimum atomic E-state index is 0.151. The van der Waals surface area contributed by atoms with E-state index < -0.39 is 0 Å². The molecule has 5 rings (SSSR count). The van der Waals surface area contributed by atoms with Crippen molar-refractivity contribution >= 4 is 63.1 Å². The first-order valence-corrected chi connectivity index (χ1v) is 12.4.